The first-order valence-electron chi connectivity index (χ1n) is 10.4. The van der Waals surface area contributed by atoms with Gasteiger partial charge in [0.05, 0.1) is 12.7 Å². The lowest BCUT2D eigenvalue weighted by Gasteiger charge is -2.15. The van der Waals surface area contributed by atoms with E-state index in [-0.39, 0.29) is 17.8 Å². The number of nitrogens with zero attached hydrogens (tertiary/aromatic N) is 1. The molecule has 0 unspecified atom stereocenters. The van der Waals surface area contributed by atoms with E-state index in [9.17, 15) is 14.0 Å². The van der Waals surface area contributed by atoms with E-state index in [1.54, 1.807) is 19.2 Å². The van der Waals surface area contributed by atoms with Crippen molar-refractivity contribution in [2.45, 2.75) is 13.3 Å². The zero-order chi connectivity index (χ0) is 23.5. The molecule has 0 radical (unpaired) electrons. The lowest BCUT2D eigenvalue weighted by Crippen LogP contribution is -2.34. The van der Waals surface area contributed by atoms with Gasteiger partial charge < -0.3 is 10.1 Å². The van der Waals surface area contributed by atoms with Crippen molar-refractivity contribution >= 4 is 34.7 Å². The van der Waals surface area contributed by atoms with E-state index in [0.29, 0.717) is 22.7 Å². The Hall–Kier alpha value is -3.64. The molecule has 4 rings (SSSR count). The summed E-state index contributed by atoms with van der Waals surface area (Å²) < 4.78 is 18.7. The molecule has 0 saturated heterocycles. The molecule has 0 aliphatic carbocycles. The molecule has 0 aromatic heterocycles. The Labute approximate surface area is 196 Å². The molecule has 0 fully saturated rings. The maximum Gasteiger partial charge on any atom is 0.278 e. The number of hydrogen-bond acceptors (Lipinski definition) is 4. The average molecular weight is 465 g/mol. The van der Waals surface area contributed by atoms with Crippen LogP contribution in [-0.4, -0.2) is 30.4 Å². The van der Waals surface area contributed by atoms with Crippen LogP contribution in [-0.2, 0) is 16.0 Å². The molecular weight excluding hydrogens is 443 g/mol. The first kappa shape index (κ1) is 22.6. The van der Waals surface area contributed by atoms with Crippen LogP contribution >= 0.6 is 11.6 Å². The number of carbonyl (C=O) groups is 2. The fourth-order valence-corrected chi connectivity index (χ4v) is 3.81. The van der Waals surface area contributed by atoms with E-state index >= 15 is 0 Å². The molecule has 0 saturated carbocycles. The van der Waals surface area contributed by atoms with Gasteiger partial charge in [-0.25, -0.2) is 4.39 Å². The number of nitrogens with one attached hydrogen (secondary N) is 1. The van der Waals surface area contributed by atoms with Crippen LogP contribution in [0.3, 0.4) is 0 Å². The van der Waals surface area contributed by atoms with Gasteiger partial charge in [-0.15, -0.1) is 0 Å². The Morgan fingerprint density at radius 2 is 1.67 bits per heavy atom. The van der Waals surface area contributed by atoms with E-state index in [0.717, 1.165) is 16.9 Å². The molecule has 168 valence electrons. The summed E-state index contributed by atoms with van der Waals surface area (Å²) in [5.74, 6) is -0.562. The maximum atomic E-state index is 13.5. The summed E-state index contributed by atoms with van der Waals surface area (Å²) in [6, 6.07) is 18.3. The van der Waals surface area contributed by atoms with E-state index in [4.69, 9.17) is 16.3 Å². The van der Waals surface area contributed by atoms with Crippen LogP contribution in [0, 0.1) is 12.7 Å². The molecule has 33 heavy (non-hydrogen) atoms. The number of rotatable bonds is 7. The number of hydrogen-bond donors (Lipinski definition) is 1. The standard InChI is InChI=1S/C26H22ClFN2O3/c1-16-3-10-20(15-22(16)27)29-24-23(18-6-8-19(28)9-7-18)25(31)30(26(24)32)14-13-17-4-11-21(33-2)12-5-17/h3-12,15,29H,13-14H2,1-2H3. The quantitative estimate of drug-likeness (QED) is 0.486. The van der Waals surface area contributed by atoms with E-state index in [2.05, 4.69) is 5.32 Å². The van der Waals surface area contributed by atoms with Crippen LogP contribution in [0.4, 0.5) is 10.1 Å². The monoisotopic (exact) mass is 464 g/mol. The highest BCUT2D eigenvalue weighted by Gasteiger charge is 2.39. The van der Waals surface area contributed by atoms with E-state index in [1.165, 1.54) is 29.2 Å². The molecule has 0 atom stereocenters. The molecule has 1 aliphatic heterocycles. The van der Waals surface area contributed by atoms with E-state index < -0.39 is 17.6 Å². The fourth-order valence-electron chi connectivity index (χ4n) is 3.63. The average Bonchev–Trinajstić information content (AvgIpc) is 3.04. The zero-order valence-corrected chi connectivity index (χ0v) is 18.9. The number of ether oxygens (including phenoxy) is 1. The lowest BCUT2D eigenvalue weighted by atomic mass is 10.0. The van der Waals surface area contributed by atoms with Crippen LogP contribution in [0.25, 0.3) is 5.57 Å². The highest BCUT2D eigenvalue weighted by molar-refractivity contribution is 6.36. The van der Waals surface area contributed by atoms with Gasteiger partial charge in [0.1, 0.15) is 17.3 Å². The van der Waals surface area contributed by atoms with Crippen molar-refractivity contribution < 1.29 is 18.7 Å². The second-order valence-corrected chi connectivity index (χ2v) is 8.11. The first-order chi connectivity index (χ1) is 15.9. The van der Waals surface area contributed by atoms with Crippen molar-refractivity contribution in [2.24, 2.45) is 0 Å². The van der Waals surface area contributed by atoms with Crippen molar-refractivity contribution in [3.63, 3.8) is 0 Å². The number of benzene rings is 3. The Kier molecular flexibility index (Phi) is 6.47. The minimum atomic E-state index is -0.440. The molecule has 1 heterocycles. The first-order valence-corrected chi connectivity index (χ1v) is 10.8. The third-order valence-electron chi connectivity index (χ3n) is 5.53. The summed E-state index contributed by atoms with van der Waals surface area (Å²) in [4.78, 5) is 27.8. The van der Waals surface area contributed by atoms with Crippen molar-refractivity contribution in [2.75, 3.05) is 19.0 Å². The van der Waals surface area contributed by atoms with Gasteiger partial charge >= 0.3 is 0 Å². The van der Waals surface area contributed by atoms with Gasteiger partial charge in [-0.1, -0.05) is 41.9 Å². The van der Waals surface area contributed by atoms with Crippen molar-refractivity contribution in [1.29, 1.82) is 0 Å². The predicted molar refractivity (Wildman–Crippen MR) is 127 cm³/mol. The Morgan fingerprint density at radius 3 is 2.30 bits per heavy atom. The van der Waals surface area contributed by atoms with Crippen LogP contribution < -0.4 is 10.1 Å². The summed E-state index contributed by atoms with van der Waals surface area (Å²) in [6.07, 6.45) is 0.488. The molecule has 0 spiro atoms. The smallest absolute Gasteiger partial charge is 0.278 e. The third kappa shape index (κ3) is 4.76. The van der Waals surface area contributed by atoms with Gasteiger partial charge in [-0.3, -0.25) is 14.5 Å². The number of amides is 2. The molecule has 1 N–H and O–H groups in total. The van der Waals surface area contributed by atoms with E-state index in [1.807, 2.05) is 37.3 Å². The highest BCUT2D eigenvalue weighted by Crippen LogP contribution is 2.32. The van der Waals surface area contributed by atoms with Crippen molar-refractivity contribution in [3.8, 4) is 5.75 Å². The van der Waals surface area contributed by atoms with Crippen molar-refractivity contribution in [3.05, 3.63) is 100.0 Å². The van der Waals surface area contributed by atoms with Gasteiger partial charge in [0.15, 0.2) is 0 Å². The van der Waals surface area contributed by atoms with Gasteiger partial charge in [0, 0.05) is 17.3 Å². The van der Waals surface area contributed by atoms with Gasteiger partial charge in [0.2, 0.25) is 0 Å². The minimum Gasteiger partial charge on any atom is -0.497 e. The predicted octanol–water partition coefficient (Wildman–Crippen LogP) is 5.23. The second-order valence-electron chi connectivity index (χ2n) is 7.71. The number of anilines is 1. The van der Waals surface area contributed by atoms with Crippen LogP contribution in [0.5, 0.6) is 5.75 Å². The normalized spacial score (nSPS) is 13.6. The number of aryl methyl sites for hydroxylation is 1. The molecule has 0 bridgehead atoms. The maximum absolute atomic E-state index is 13.5. The molecule has 1 aliphatic rings. The fraction of sp³-hybridized carbons (Fsp3) is 0.154. The molecule has 2 amide bonds. The second kappa shape index (κ2) is 9.46. The summed E-state index contributed by atoms with van der Waals surface area (Å²) in [7, 11) is 1.59. The number of methoxy groups -OCH3 is 1. The Morgan fingerprint density at radius 1 is 0.970 bits per heavy atom. The molecule has 7 heteroatoms. The van der Waals surface area contributed by atoms with Crippen LogP contribution in [0.2, 0.25) is 5.02 Å². The van der Waals surface area contributed by atoms with Gasteiger partial charge in [-0.2, -0.15) is 0 Å². The minimum absolute atomic E-state index is 0.140. The largest absolute Gasteiger partial charge is 0.497 e. The van der Waals surface area contributed by atoms with Crippen LogP contribution in [0.15, 0.2) is 72.4 Å². The molecule has 3 aromatic carbocycles. The van der Waals surface area contributed by atoms with Gasteiger partial charge in [0.25, 0.3) is 11.8 Å². The van der Waals surface area contributed by atoms with Crippen LogP contribution in [0.1, 0.15) is 16.7 Å². The third-order valence-corrected chi connectivity index (χ3v) is 5.93. The summed E-state index contributed by atoms with van der Waals surface area (Å²) in [6.45, 7) is 2.08. The van der Waals surface area contributed by atoms with Crippen molar-refractivity contribution in [1.82, 2.24) is 4.90 Å². The Bertz CT molecular complexity index is 1240. The lowest BCUT2D eigenvalue weighted by molar-refractivity contribution is -0.136. The number of halogens is 2. The van der Waals surface area contributed by atoms with Gasteiger partial charge in [-0.05, 0) is 66.4 Å². The summed E-state index contributed by atoms with van der Waals surface area (Å²) in [5.41, 5.74) is 3.24. The number of imide groups is 1. The Balaban J connectivity index is 1.64. The molecule has 3 aromatic rings. The molecule has 5 nitrogen and oxygen atoms in total. The summed E-state index contributed by atoms with van der Waals surface area (Å²) >= 11 is 6.23. The number of carbonyl (C=O) groups excluding carboxylic acids is 2. The topological polar surface area (TPSA) is 58.6 Å². The summed E-state index contributed by atoms with van der Waals surface area (Å²) in [5, 5.41) is 3.61. The molecular formula is C26H22ClFN2O3. The highest BCUT2D eigenvalue weighted by atomic mass is 35.5. The SMILES string of the molecule is COc1ccc(CCN2C(=O)C(Nc3ccc(C)c(Cl)c3)=C(c3ccc(F)cc3)C2=O)cc1. The zero-order valence-electron chi connectivity index (χ0n) is 18.2.